The summed E-state index contributed by atoms with van der Waals surface area (Å²) in [4.78, 5) is 11.8. The van der Waals surface area contributed by atoms with E-state index in [-0.39, 0.29) is 29.0 Å². The number of carbonyl (C=O) groups excluding carboxylic acids is 1. The maximum Gasteiger partial charge on any atom is 0.254 e. The highest BCUT2D eigenvalue weighted by atomic mass is 19.1. The van der Waals surface area contributed by atoms with Crippen LogP contribution in [0.1, 0.15) is 21.5 Å². The van der Waals surface area contributed by atoms with Gasteiger partial charge in [-0.15, -0.1) is 0 Å². The Hall–Kier alpha value is -2.94. The number of carbonyl (C=O) groups is 1. The van der Waals surface area contributed by atoms with Crippen molar-refractivity contribution in [3.8, 4) is 11.8 Å². The largest absolute Gasteiger partial charge is 0.508 e. The highest BCUT2D eigenvalue weighted by Crippen LogP contribution is 2.15. The van der Waals surface area contributed by atoms with Gasteiger partial charge in [0.1, 0.15) is 17.4 Å². The van der Waals surface area contributed by atoms with Crippen LogP contribution in [0.3, 0.4) is 0 Å². The Bertz CT molecular complexity index is 739. The topological polar surface area (TPSA) is 73.1 Å². The van der Waals surface area contributed by atoms with Crippen LogP contribution in [-0.4, -0.2) is 11.0 Å². The van der Waals surface area contributed by atoms with Gasteiger partial charge in [0, 0.05) is 18.2 Å². The van der Waals surface area contributed by atoms with E-state index in [1.54, 1.807) is 6.07 Å². The average Bonchev–Trinajstić information content (AvgIpc) is 2.45. The number of hydrogen-bond donors (Lipinski definition) is 2. The van der Waals surface area contributed by atoms with Gasteiger partial charge in [0.15, 0.2) is 0 Å². The lowest BCUT2D eigenvalue weighted by Gasteiger charge is -2.07. The van der Waals surface area contributed by atoms with Gasteiger partial charge in [-0.2, -0.15) is 5.26 Å². The van der Waals surface area contributed by atoms with Crippen molar-refractivity contribution < 1.29 is 18.7 Å². The maximum absolute atomic E-state index is 13.6. The number of rotatable bonds is 3. The van der Waals surface area contributed by atoms with E-state index in [1.807, 2.05) is 0 Å². The molecule has 0 aromatic heterocycles. The molecule has 6 heteroatoms. The first-order chi connectivity index (χ1) is 10.0. The molecular formula is C15H10F2N2O2. The molecule has 0 aliphatic carbocycles. The number of phenolic OH excluding ortho intramolecular Hbond substituents is 1. The van der Waals surface area contributed by atoms with Crippen LogP contribution >= 0.6 is 0 Å². The zero-order chi connectivity index (χ0) is 15.4. The fourth-order valence-corrected chi connectivity index (χ4v) is 1.72. The predicted octanol–water partition coefficient (Wildman–Crippen LogP) is 2.47. The molecule has 0 aliphatic heterocycles. The van der Waals surface area contributed by atoms with Crippen molar-refractivity contribution in [1.29, 1.82) is 5.26 Å². The van der Waals surface area contributed by atoms with Crippen LogP contribution in [0.5, 0.6) is 5.75 Å². The second-order valence-corrected chi connectivity index (χ2v) is 4.26. The number of benzene rings is 2. The van der Waals surface area contributed by atoms with Crippen LogP contribution in [0.15, 0.2) is 36.4 Å². The third-order valence-electron chi connectivity index (χ3n) is 2.82. The van der Waals surface area contributed by atoms with Gasteiger partial charge in [-0.25, -0.2) is 8.78 Å². The van der Waals surface area contributed by atoms with Gasteiger partial charge in [-0.1, -0.05) is 6.07 Å². The molecule has 0 heterocycles. The highest BCUT2D eigenvalue weighted by Gasteiger charge is 2.13. The zero-order valence-corrected chi connectivity index (χ0v) is 10.7. The summed E-state index contributed by atoms with van der Waals surface area (Å²) in [5.74, 6) is -2.51. The van der Waals surface area contributed by atoms with Gasteiger partial charge in [0.25, 0.3) is 5.91 Å². The SMILES string of the molecule is N#Cc1ccc(CNC(=O)c2ccc(O)cc2F)c(F)c1. The summed E-state index contributed by atoms with van der Waals surface area (Å²) < 4.78 is 27.1. The normalized spacial score (nSPS) is 9.95. The van der Waals surface area contributed by atoms with Crippen LogP contribution in [0, 0.1) is 23.0 Å². The van der Waals surface area contributed by atoms with Gasteiger partial charge in [-0.05, 0) is 24.3 Å². The zero-order valence-electron chi connectivity index (χ0n) is 10.7. The van der Waals surface area contributed by atoms with E-state index in [0.717, 1.165) is 18.2 Å². The molecule has 0 fully saturated rings. The van der Waals surface area contributed by atoms with E-state index in [9.17, 15) is 13.6 Å². The van der Waals surface area contributed by atoms with Gasteiger partial charge in [-0.3, -0.25) is 4.79 Å². The maximum atomic E-state index is 13.6. The van der Waals surface area contributed by atoms with E-state index in [1.165, 1.54) is 18.2 Å². The van der Waals surface area contributed by atoms with Crippen LogP contribution in [0.4, 0.5) is 8.78 Å². The standard InChI is InChI=1S/C15H10F2N2O2/c16-13-5-9(7-18)1-2-10(13)8-19-15(21)12-4-3-11(20)6-14(12)17/h1-6,20H,8H2,(H,19,21). The number of aromatic hydroxyl groups is 1. The number of nitriles is 1. The quantitative estimate of drug-likeness (QED) is 0.911. The molecule has 2 aromatic rings. The molecule has 1 amide bonds. The van der Waals surface area contributed by atoms with Crippen LogP contribution in [-0.2, 0) is 6.54 Å². The summed E-state index contributed by atoms with van der Waals surface area (Å²) in [6.07, 6.45) is 0. The Labute approximate surface area is 119 Å². The Morgan fingerprint density at radius 2 is 1.95 bits per heavy atom. The minimum Gasteiger partial charge on any atom is -0.508 e. The molecule has 2 aromatic carbocycles. The number of hydrogen-bond acceptors (Lipinski definition) is 3. The minimum atomic E-state index is -0.868. The molecule has 21 heavy (non-hydrogen) atoms. The van der Waals surface area contributed by atoms with E-state index in [0.29, 0.717) is 0 Å². The summed E-state index contributed by atoms with van der Waals surface area (Å²) in [6.45, 7) is -0.142. The van der Waals surface area contributed by atoms with E-state index >= 15 is 0 Å². The lowest BCUT2D eigenvalue weighted by atomic mass is 10.1. The van der Waals surface area contributed by atoms with Crippen molar-refractivity contribution in [3.05, 3.63) is 64.7 Å². The molecule has 4 nitrogen and oxygen atoms in total. The van der Waals surface area contributed by atoms with Crippen molar-refractivity contribution in [2.75, 3.05) is 0 Å². The van der Waals surface area contributed by atoms with E-state index in [2.05, 4.69) is 5.32 Å². The fraction of sp³-hybridized carbons (Fsp3) is 0.0667. The van der Waals surface area contributed by atoms with Crippen LogP contribution in [0.25, 0.3) is 0 Å². The number of nitrogens with zero attached hydrogens (tertiary/aromatic N) is 1. The monoisotopic (exact) mass is 288 g/mol. The lowest BCUT2D eigenvalue weighted by Crippen LogP contribution is -2.24. The summed E-state index contributed by atoms with van der Waals surface area (Å²) in [6, 6.07) is 8.79. The summed E-state index contributed by atoms with van der Waals surface area (Å²) in [5.41, 5.74) is 0.107. The number of halogens is 2. The molecule has 106 valence electrons. The van der Waals surface area contributed by atoms with Gasteiger partial charge in [0.2, 0.25) is 0 Å². The summed E-state index contributed by atoms with van der Waals surface area (Å²) in [7, 11) is 0. The molecular weight excluding hydrogens is 278 g/mol. The van der Waals surface area contributed by atoms with Crippen molar-refractivity contribution in [3.63, 3.8) is 0 Å². The van der Waals surface area contributed by atoms with Gasteiger partial charge >= 0.3 is 0 Å². The highest BCUT2D eigenvalue weighted by molar-refractivity contribution is 5.94. The molecule has 0 atom stereocenters. The Morgan fingerprint density at radius 3 is 2.57 bits per heavy atom. The van der Waals surface area contributed by atoms with Crippen LogP contribution < -0.4 is 5.32 Å². The smallest absolute Gasteiger partial charge is 0.254 e. The van der Waals surface area contributed by atoms with Crippen molar-refractivity contribution in [2.24, 2.45) is 0 Å². The fourth-order valence-electron chi connectivity index (χ4n) is 1.72. The van der Waals surface area contributed by atoms with Crippen molar-refractivity contribution in [2.45, 2.75) is 6.54 Å². The lowest BCUT2D eigenvalue weighted by molar-refractivity contribution is 0.0946. The molecule has 0 radical (unpaired) electrons. The number of amides is 1. The molecule has 2 rings (SSSR count). The predicted molar refractivity (Wildman–Crippen MR) is 70.4 cm³/mol. The van der Waals surface area contributed by atoms with Crippen molar-refractivity contribution in [1.82, 2.24) is 5.32 Å². The number of nitrogens with one attached hydrogen (secondary N) is 1. The Balaban J connectivity index is 2.09. The molecule has 0 aliphatic rings. The van der Waals surface area contributed by atoms with E-state index < -0.39 is 17.5 Å². The first kappa shape index (κ1) is 14.5. The molecule has 0 bridgehead atoms. The van der Waals surface area contributed by atoms with Crippen molar-refractivity contribution >= 4 is 5.91 Å². The second kappa shape index (κ2) is 6.01. The Morgan fingerprint density at radius 1 is 1.19 bits per heavy atom. The molecule has 0 unspecified atom stereocenters. The Kier molecular flexibility index (Phi) is 4.14. The van der Waals surface area contributed by atoms with Gasteiger partial charge in [0.05, 0.1) is 17.2 Å². The summed E-state index contributed by atoms with van der Waals surface area (Å²) in [5, 5.41) is 20.1. The number of phenols is 1. The third kappa shape index (κ3) is 3.34. The molecule has 2 N–H and O–H groups in total. The van der Waals surface area contributed by atoms with Gasteiger partial charge < -0.3 is 10.4 Å². The average molecular weight is 288 g/mol. The first-order valence-corrected chi connectivity index (χ1v) is 5.96. The van der Waals surface area contributed by atoms with Crippen LogP contribution in [0.2, 0.25) is 0 Å². The summed E-state index contributed by atoms with van der Waals surface area (Å²) >= 11 is 0. The molecule has 0 saturated carbocycles. The first-order valence-electron chi connectivity index (χ1n) is 5.96. The minimum absolute atomic E-state index is 0.142. The molecule has 0 spiro atoms. The molecule has 0 saturated heterocycles. The van der Waals surface area contributed by atoms with E-state index in [4.69, 9.17) is 10.4 Å². The second-order valence-electron chi connectivity index (χ2n) is 4.26. The third-order valence-corrected chi connectivity index (χ3v) is 2.82.